The Bertz CT molecular complexity index is 1090. The van der Waals surface area contributed by atoms with Gasteiger partial charge in [0.1, 0.15) is 5.82 Å². The lowest BCUT2D eigenvalue weighted by Gasteiger charge is -2.34. The Morgan fingerprint density at radius 3 is 2.28 bits per heavy atom. The van der Waals surface area contributed by atoms with E-state index in [2.05, 4.69) is 9.97 Å². The molecule has 0 unspecified atom stereocenters. The molecule has 1 aromatic carbocycles. The molecule has 0 spiro atoms. The number of carbonyl (C=O) groups is 2. The van der Waals surface area contributed by atoms with E-state index in [0.717, 1.165) is 6.92 Å². The van der Waals surface area contributed by atoms with Crippen molar-refractivity contribution in [3.05, 3.63) is 36.3 Å². The molecule has 2 aromatic heterocycles. The fourth-order valence-electron chi connectivity index (χ4n) is 3.27. The van der Waals surface area contributed by atoms with E-state index >= 15 is 0 Å². The van der Waals surface area contributed by atoms with Gasteiger partial charge in [0.25, 0.3) is 11.9 Å². The highest BCUT2D eigenvalue weighted by atomic mass is 16.5. The van der Waals surface area contributed by atoms with Crippen LogP contribution in [0.25, 0.3) is 10.9 Å². The van der Waals surface area contributed by atoms with Gasteiger partial charge in [-0.3, -0.25) is 9.59 Å². The fourth-order valence-corrected chi connectivity index (χ4v) is 3.27. The minimum absolute atomic E-state index is 0.111. The molecule has 1 saturated heterocycles. The van der Waals surface area contributed by atoms with E-state index in [1.54, 1.807) is 43.4 Å². The summed E-state index contributed by atoms with van der Waals surface area (Å²) in [5.41, 5.74) is 6.84. The van der Waals surface area contributed by atoms with Crippen LogP contribution in [0, 0.1) is 0 Å². The molecular formula is C21H25N5O6. The number of nitrogens with two attached hydrogens (primary N) is 1. The summed E-state index contributed by atoms with van der Waals surface area (Å²) in [5.74, 6) is 1.45. The average molecular weight is 443 g/mol. The van der Waals surface area contributed by atoms with Crippen molar-refractivity contribution in [2.75, 3.05) is 51.0 Å². The van der Waals surface area contributed by atoms with Crippen LogP contribution in [0.3, 0.4) is 0 Å². The molecule has 0 saturated carbocycles. The molecule has 170 valence electrons. The van der Waals surface area contributed by atoms with Gasteiger partial charge in [0.05, 0.1) is 26.0 Å². The molecule has 32 heavy (non-hydrogen) atoms. The van der Waals surface area contributed by atoms with Gasteiger partial charge in [-0.05, 0) is 18.2 Å². The molecule has 1 aliphatic heterocycles. The molecule has 3 N–H and O–H groups in total. The SMILES string of the molecule is CC(=O)O.COc1cc2nc(N3CCN(C(=O)c4ccco4)CC3)nc(N)c2cc1OC. The smallest absolute Gasteiger partial charge is 0.300 e. The van der Waals surface area contributed by atoms with Crippen LogP contribution in [0.1, 0.15) is 17.5 Å². The Kier molecular flexibility index (Phi) is 6.98. The first-order valence-corrected chi connectivity index (χ1v) is 9.80. The number of carboxylic acid groups (broad SMARTS) is 1. The van der Waals surface area contributed by atoms with Crippen molar-refractivity contribution < 1.29 is 28.6 Å². The Labute approximate surface area is 184 Å². The summed E-state index contributed by atoms with van der Waals surface area (Å²) in [5, 5.41) is 8.12. The minimum atomic E-state index is -0.833. The molecule has 1 aliphatic rings. The zero-order valence-electron chi connectivity index (χ0n) is 18.1. The molecule has 0 aliphatic carbocycles. The molecule has 1 amide bonds. The number of carboxylic acids is 1. The predicted molar refractivity (Wildman–Crippen MR) is 117 cm³/mol. The molecule has 3 aromatic rings. The van der Waals surface area contributed by atoms with Gasteiger partial charge in [0, 0.05) is 44.6 Å². The highest BCUT2D eigenvalue weighted by Gasteiger charge is 2.25. The fraction of sp³-hybridized carbons (Fsp3) is 0.333. The van der Waals surface area contributed by atoms with E-state index in [1.165, 1.54) is 6.26 Å². The molecule has 0 bridgehead atoms. The number of piperazine rings is 1. The quantitative estimate of drug-likeness (QED) is 0.613. The first kappa shape index (κ1) is 22.7. The zero-order valence-corrected chi connectivity index (χ0v) is 18.1. The number of aromatic nitrogens is 2. The van der Waals surface area contributed by atoms with Crippen LogP contribution in [-0.4, -0.2) is 72.2 Å². The zero-order chi connectivity index (χ0) is 23.3. The summed E-state index contributed by atoms with van der Waals surface area (Å²) in [6.07, 6.45) is 1.50. The molecule has 0 atom stereocenters. The van der Waals surface area contributed by atoms with Crippen LogP contribution in [0.15, 0.2) is 34.9 Å². The van der Waals surface area contributed by atoms with Gasteiger partial charge in [-0.1, -0.05) is 0 Å². The van der Waals surface area contributed by atoms with E-state index < -0.39 is 5.97 Å². The Morgan fingerprint density at radius 1 is 1.09 bits per heavy atom. The number of nitrogen functional groups attached to an aromatic ring is 1. The lowest BCUT2D eigenvalue weighted by Crippen LogP contribution is -2.49. The monoisotopic (exact) mass is 443 g/mol. The number of fused-ring (bicyclic) bond motifs is 1. The van der Waals surface area contributed by atoms with E-state index in [0.29, 0.717) is 66.1 Å². The first-order chi connectivity index (χ1) is 15.3. The van der Waals surface area contributed by atoms with Crippen LogP contribution in [0.5, 0.6) is 11.5 Å². The summed E-state index contributed by atoms with van der Waals surface area (Å²) >= 11 is 0. The van der Waals surface area contributed by atoms with Gasteiger partial charge in [0.15, 0.2) is 17.3 Å². The van der Waals surface area contributed by atoms with Crippen LogP contribution in [-0.2, 0) is 4.79 Å². The number of anilines is 2. The molecule has 11 heteroatoms. The highest BCUT2D eigenvalue weighted by molar-refractivity contribution is 5.92. The highest BCUT2D eigenvalue weighted by Crippen LogP contribution is 2.34. The molecule has 11 nitrogen and oxygen atoms in total. The molecule has 0 radical (unpaired) electrons. The third kappa shape index (κ3) is 4.99. The average Bonchev–Trinajstić information content (AvgIpc) is 3.32. The number of benzene rings is 1. The van der Waals surface area contributed by atoms with E-state index in [4.69, 9.17) is 29.5 Å². The number of rotatable bonds is 4. The van der Waals surface area contributed by atoms with Crippen molar-refractivity contribution in [3.63, 3.8) is 0 Å². The van der Waals surface area contributed by atoms with Gasteiger partial charge in [0.2, 0.25) is 5.95 Å². The second kappa shape index (κ2) is 9.86. The summed E-state index contributed by atoms with van der Waals surface area (Å²) in [6.45, 7) is 3.38. The first-order valence-electron chi connectivity index (χ1n) is 9.80. The van der Waals surface area contributed by atoms with Gasteiger partial charge in [-0.2, -0.15) is 4.98 Å². The number of amides is 1. The lowest BCUT2D eigenvalue weighted by atomic mass is 10.2. The molecule has 3 heterocycles. The van der Waals surface area contributed by atoms with Crippen molar-refractivity contribution in [2.45, 2.75) is 6.92 Å². The van der Waals surface area contributed by atoms with Crippen molar-refractivity contribution in [1.82, 2.24) is 14.9 Å². The Morgan fingerprint density at radius 2 is 1.72 bits per heavy atom. The maximum Gasteiger partial charge on any atom is 0.300 e. The van der Waals surface area contributed by atoms with Crippen molar-refractivity contribution in [2.24, 2.45) is 0 Å². The number of nitrogens with zero attached hydrogens (tertiary/aromatic N) is 4. The number of hydrogen-bond acceptors (Lipinski definition) is 9. The number of hydrogen-bond donors (Lipinski definition) is 2. The number of aliphatic carboxylic acids is 1. The Balaban J connectivity index is 0.000000668. The molecular weight excluding hydrogens is 418 g/mol. The summed E-state index contributed by atoms with van der Waals surface area (Å²) in [6, 6.07) is 6.93. The van der Waals surface area contributed by atoms with Crippen LogP contribution >= 0.6 is 0 Å². The molecule has 4 rings (SSSR count). The van der Waals surface area contributed by atoms with Crippen LogP contribution in [0.2, 0.25) is 0 Å². The standard InChI is InChI=1S/C19H21N5O4.C2H4O2/c1-26-15-10-12-13(11-16(15)27-2)21-19(22-17(12)20)24-7-5-23(6-8-24)18(25)14-4-3-9-28-14;1-2(3)4/h3-4,9-11H,5-8H2,1-2H3,(H2,20,21,22);1H3,(H,3,4). The van der Waals surface area contributed by atoms with E-state index in [1.807, 2.05) is 4.90 Å². The normalized spacial score (nSPS) is 13.3. The molecule has 1 fully saturated rings. The predicted octanol–water partition coefficient (Wildman–Crippen LogP) is 1.88. The second-order valence-corrected chi connectivity index (χ2v) is 6.91. The van der Waals surface area contributed by atoms with E-state index in [9.17, 15) is 4.79 Å². The van der Waals surface area contributed by atoms with Crippen molar-refractivity contribution in [1.29, 1.82) is 0 Å². The summed E-state index contributed by atoms with van der Waals surface area (Å²) in [7, 11) is 3.14. The number of furan rings is 1. The number of carbonyl (C=O) groups excluding carboxylic acids is 1. The topological polar surface area (TPSA) is 144 Å². The lowest BCUT2D eigenvalue weighted by molar-refractivity contribution is -0.134. The third-order valence-electron chi connectivity index (χ3n) is 4.80. The van der Waals surface area contributed by atoms with Crippen LogP contribution < -0.4 is 20.1 Å². The number of methoxy groups -OCH3 is 2. The Hall–Kier alpha value is -4.02. The third-order valence-corrected chi connectivity index (χ3v) is 4.80. The van der Waals surface area contributed by atoms with Crippen molar-refractivity contribution in [3.8, 4) is 11.5 Å². The minimum Gasteiger partial charge on any atom is -0.493 e. The maximum absolute atomic E-state index is 12.4. The number of ether oxygens (including phenoxy) is 2. The van der Waals surface area contributed by atoms with Crippen molar-refractivity contribution >= 4 is 34.5 Å². The van der Waals surface area contributed by atoms with Crippen LogP contribution in [0.4, 0.5) is 11.8 Å². The van der Waals surface area contributed by atoms with Gasteiger partial charge < -0.3 is 34.5 Å². The van der Waals surface area contributed by atoms with Gasteiger partial charge in [-0.15, -0.1) is 0 Å². The van der Waals surface area contributed by atoms with Gasteiger partial charge in [-0.25, -0.2) is 4.98 Å². The summed E-state index contributed by atoms with van der Waals surface area (Å²) in [4.78, 5) is 34.3. The second-order valence-electron chi connectivity index (χ2n) is 6.91. The largest absolute Gasteiger partial charge is 0.493 e. The summed E-state index contributed by atoms with van der Waals surface area (Å²) < 4.78 is 15.9. The van der Waals surface area contributed by atoms with Gasteiger partial charge >= 0.3 is 0 Å². The maximum atomic E-state index is 12.4. The van der Waals surface area contributed by atoms with E-state index in [-0.39, 0.29) is 5.91 Å².